The maximum absolute atomic E-state index is 13.2. The van der Waals surface area contributed by atoms with Crippen molar-refractivity contribution in [1.29, 1.82) is 0 Å². The van der Waals surface area contributed by atoms with Crippen molar-refractivity contribution in [3.8, 4) is 5.75 Å². The minimum Gasteiger partial charge on any atom is -0.497 e. The number of hydrogen-bond donors (Lipinski definition) is 1. The Kier molecular flexibility index (Phi) is 6.82. The van der Waals surface area contributed by atoms with E-state index < -0.39 is 21.2 Å². The summed E-state index contributed by atoms with van der Waals surface area (Å²) in [5.74, 6) is -0.209. The van der Waals surface area contributed by atoms with Crippen LogP contribution in [0.15, 0.2) is 80.7 Å². The van der Waals surface area contributed by atoms with Crippen LogP contribution in [0.5, 0.6) is 5.75 Å². The number of para-hydroxylation sites is 1. The largest absolute Gasteiger partial charge is 0.497 e. The first-order chi connectivity index (χ1) is 15.9. The molecule has 33 heavy (non-hydrogen) atoms. The lowest BCUT2D eigenvalue weighted by atomic mass is 10.2. The number of thiophene rings is 1. The lowest BCUT2D eigenvalue weighted by Gasteiger charge is -2.16. The third-order valence-corrected chi connectivity index (χ3v) is 8.51. The third kappa shape index (κ3) is 5.27. The fourth-order valence-electron chi connectivity index (χ4n) is 3.11. The SMILES string of the molecule is COc1cccc(NC(=O)CC2S/C(=N/S(=O)(=O)c3cccs3)N(c3ccccc3)C2=O)c1. The van der Waals surface area contributed by atoms with Crippen molar-refractivity contribution in [2.75, 3.05) is 17.3 Å². The zero-order valence-corrected chi connectivity index (χ0v) is 19.8. The summed E-state index contributed by atoms with van der Waals surface area (Å²) in [5.41, 5.74) is 1.01. The number of nitrogens with zero attached hydrogens (tertiary/aromatic N) is 2. The van der Waals surface area contributed by atoms with Gasteiger partial charge in [0.25, 0.3) is 10.0 Å². The first kappa shape index (κ1) is 23.0. The van der Waals surface area contributed by atoms with Gasteiger partial charge in [-0.15, -0.1) is 15.7 Å². The van der Waals surface area contributed by atoms with Crippen LogP contribution in [0.2, 0.25) is 0 Å². The number of hydrogen-bond acceptors (Lipinski definition) is 7. The van der Waals surface area contributed by atoms with E-state index in [1.54, 1.807) is 66.0 Å². The predicted molar refractivity (Wildman–Crippen MR) is 130 cm³/mol. The van der Waals surface area contributed by atoms with Gasteiger partial charge in [-0.05, 0) is 35.7 Å². The first-order valence-corrected chi connectivity index (χ1v) is 13.0. The second-order valence-electron chi connectivity index (χ2n) is 6.88. The molecular formula is C22H19N3O5S3. The highest BCUT2D eigenvalue weighted by molar-refractivity contribution is 8.16. The number of amides is 2. The highest BCUT2D eigenvalue weighted by Crippen LogP contribution is 2.35. The average Bonchev–Trinajstić information content (AvgIpc) is 3.44. The summed E-state index contributed by atoms with van der Waals surface area (Å²) >= 11 is 2.00. The van der Waals surface area contributed by atoms with Gasteiger partial charge in [0.05, 0.1) is 12.8 Å². The Hall–Kier alpha value is -3.15. The molecule has 3 aromatic rings. The number of thioether (sulfide) groups is 1. The topological polar surface area (TPSA) is 105 Å². The Morgan fingerprint density at radius 2 is 1.91 bits per heavy atom. The molecule has 0 radical (unpaired) electrons. The van der Waals surface area contributed by atoms with Gasteiger partial charge in [-0.1, -0.05) is 42.1 Å². The van der Waals surface area contributed by atoms with E-state index in [4.69, 9.17) is 4.74 Å². The van der Waals surface area contributed by atoms with E-state index in [9.17, 15) is 18.0 Å². The highest BCUT2D eigenvalue weighted by atomic mass is 32.2. The number of methoxy groups -OCH3 is 1. The van der Waals surface area contributed by atoms with Crippen molar-refractivity contribution in [3.63, 3.8) is 0 Å². The molecule has 1 N–H and O–H groups in total. The van der Waals surface area contributed by atoms with E-state index in [0.29, 0.717) is 17.1 Å². The molecule has 8 nitrogen and oxygen atoms in total. The van der Waals surface area contributed by atoms with Gasteiger partial charge in [-0.2, -0.15) is 8.42 Å². The molecule has 1 unspecified atom stereocenters. The summed E-state index contributed by atoms with van der Waals surface area (Å²) in [6.45, 7) is 0. The van der Waals surface area contributed by atoms with E-state index in [2.05, 4.69) is 9.71 Å². The molecule has 4 rings (SSSR count). The third-order valence-electron chi connectivity index (χ3n) is 4.62. The number of carbonyl (C=O) groups excluding carboxylic acids is 2. The van der Waals surface area contributed by atoms with Gasteiger partial charge in [-0.25, -0.2) is 0 Å². The second kappa shape index (κ2) is 9.77. The first-order valence-electron chi connectivity index (χ1n) is 9.75. The van der Waals surface area contributed by atoms with Crippen LogP contribution >= 0.6 is 23.1 Å². The minimum absolute atomic E-state index is 0.0128. The van der Waals surface area contributed by atoms with Gasteiger partial charge in [-0.3, -0.25) is 14.5 Å². The fourth-order valence-corrected chi connectivity index (χ4v) is 6.42. The number of benzene rings is 2. The maximum Gasteiger partial charge on any atom is 0.294 e. The normalized spacial score (nSPS) is 17.4. The molecule has 0 aliphatic carbocycles. The summed E-state index contributed by atoms with van der Waals surface area (Å²) in [6, 6.07) is 18.6. The zero-order chi connectivity index (χ0) is 23.4. The number of rotatable bonds is 7. The summed E-state index contributed by atoms with van der Waals surface area (Å²) in [4.78, 5) is 27.1. The monoisotopic (exact) mass is 501 g/mol. The van der Waals surface area contributed by atoms with Gasteiger partial charge in [0.15, 0.2) is 5.17 Å². The Balaban J connectivity index is 1.59. The Morgan fingerprint density at radius 3 is 2.61 bits per heavy atom. The number of sulfonamides is 1. The molecule has 1 aliphatic rings. The molecule has 2 amide bonds. The van der Waals surface area contributed by atoms with Crippen LogP contribution in [0.25, 0.3) is 0 Å². The van der Waals surface area contributed by atoms with Crippen molar-refractivity contribution in [2.45, 2.75) is 15.9 Å². The molecule has 2 aromatic carbocycles. The second-order valence-corrected chi connectivity index (χ2v) is 10.8. The summed E-state index contributed by atoms with van der Waals surface area (Å²) < 4.78 is 34.7. The van der Waals surface area contributed by atoms with Crippen molar-refractivity contribution in [1.82, 2.24) is 0 Å². The molecule has 0 bridgehead atoms. The summed E-state index contributed by atoms with van der Waals surface area (Å²) in [7, 11) is -2.47. The van der Waals surface area contributed by atoms with Gasteiger partial charge in [0.2, 0.25) is 11.8 Å². The van der Waals surface area contributed by atoms with Gasteiger partial charge < -0.3 is 10.1 Å². The maximum atomic E-state index is 13.2. The van der Waals surface area contributed by atoms with E-state index in [0.717, 1.165) is 23.1 Å². The van der Waals surface area contributed by atoms with Crippen LogP contribution in [0.1, 0.15) is 6.42 Å². The quantitative estimate of drug-likeness (QED) is 0.525. The molecule has 170 valence electrons. The van der Waals surface area contributed by atoms with Crippen LogP contribution in [0.4, 0.5) is 11.4 Å². The average molecular weight is 502 g/mol. The molecule has 1 saturated heterocycles. The van der Waals surface area contributed by atoms with Crippen molar-refractivity contribution < 1.29 is 22.7 Å². The summed E-state index contributed by atoms with van der Waals surface area (Å²) in [5, 5.41) is 3.57. The van der Waals surface area contributed by atoms with E-state index in [1.807, 2.05) is 0 Å². The van der Waals surface area contributed by atoms with Crippen molar-refractivity contribution in [2.24, 2.45) is 4.40 Å². The minimum atomic E-state index is -4.00. The number of nitrogens with one attached hydrogen (secondary N) is 1. The highest BCUT2D eigenvalue weighted by Gasteiger charge is 2.41. The van der Waals surface area contributed by atoms with Crippen LogP contribution < -0.4 is 15.0 Å². The molecule has 11 heteroatoms. The summed E-state index contributed by atoms with van der Waals surface area (Å²) in [6.07, 6.45) is -0.151. The molecule has 0 saturated carbocycles. The number of anilines is 2. The van der Waals surface area contributed by atoms with E-state index in [1.165, 1.54) is 18.1 Å². The number of ether oxygens (including phenoxy) is 1. The smallest absolute Gasteiger partial charge is 0.294 e. The van der Waals surface area contributed by atoms with Crippen LogP contribution in [0.3, 0.4) is 0 Å². The fraction of sp³-hybridized carbons (Fsp3) is 0.136. The van der Waals surface area contributed by atoms with Gasteiger partial charge in [0, 0.05) is 18.2 Å². The molecule has 1 aromatic heterocycles. The van der Waals surface area contributed by atoms with Gasteiger partial charge >= 0.3 is 0 Å². The Bertz CT molecular complexity index is 1290. The Morgan fingerprint density at radius 1 is 1.12 bits per heavy atom. The van der Waals surface area contributed by atoms with E-state index in [-0.39, 0.29) is 21.7 Å². The molecule has 1 fully saturated rings. The molecule has 1 aliphatic heterocycles. The molecule has 1 atom stereocenters. The Labute approximate surface area is 199 Å². The van der Waals surface area contributed by atoms with Crippen LogP contribution in [-0.4, -0.2) is 37.8 Å². The number of amidine groups is 1. The molecule has 0 spiro atoms. The number of carbonyl (C=O) groups is 2. The lowest BCUT2D eigenvalue weighted by Crippen LogP contribution is -2.33. The van der Waals surface area contributed by atoms with Gasteiger partial charge in [0.1, 0.15) is 15.2 Å². The van der Waals surface area contributed by atoms with Crippen LogP contribution in [-0.2, 0) is 19.6 Å². The zero-order valence-electron chi connectivity index (χ0n) is 17.4. The van der Waals surface area contributed by atoms with Crippen LogP contribution in [0, 0.1) is 0 Å². The molecular weight excluding hydrogens is 482 g/mol. The predicted octanol–water partition coefficient (Wildman–Crippen LogP) is 3.98. The van der Waals surface area contributed by atoms with E-state index >= 15 is 0 Å². The standard InChI is InChI=1S/C22H19N3O5S3/c1-30-17-10-5-7-15(13-17)23-19(26)14-18-21(27)25(16-8-3-2-4-9-16)22(32-18)24-33(28,29)20-11-6-12-31-20/h2-13,18H,14H2,1H3,(H,23,26)/b24-22+. The lowest BCUT2D eigenvalue weighted by molar-refractivity contribution is -0.121. The van der Waals surface area contributed by atoms with Crippen molar-refractivity contribution >= 4 is 61.5 Å². The molecule has 2 heterocycles. The van der Waals surface area contributed by atoms with Crippen molar-refractivity contribution in [3.05, 3.63) is 72.1 Å².